The Kier molecular flexibility index (Phi) is 5.10. The summed E-state index contributed by atoms with van der Waals surface area (Å²) in [5.41, 5.74) is 0.589. The van der Waals surface area contributed by atoms with E-state index in [-0.39, 0.29) is 17.5 Å². The fraction of sp³-hybridized carbons (Fsp3) is 0.562. The number of Topliss-reactive ketones (excluding diaryl/α,β-unsaturated/α-hetero) is 1. The van der Waals surface area contributed by atoms with E-state index in [9.17, 15) is 13.6 Å². The largest absolute Gasteiger partial charge is 0.435 e. The molecule has 2 nitrogen and oxygen atoms in total. The van der Waals surface area contributed by atoms with Crippen LogP contribution in [0.25, 0.3) is 0 Å². The Morgan fingerprint density at radius 3 is 2.30 bits per heavy atom. The lowest BCUT2D eigenvalue weighted by Crippen LogP contribution is -2.21. The zero-order valence-corrected chi connectivity index (χ0v) is 11.6. The maximum absolute atomic E-state index is 12.3. The molecule has 0 unspecified atom stereocenters. The fourth-order valence-electron chi connectivity index (χ4n) is 2.87. The van der Waals surface area contributed by atoms with Gasteiger partial charge in [-0.15, -0.1) is 0 Å². The highest BCUT2D eigenvalue weighted by Gasteiger charge is 2.26. The first kappa shape index (κ1) is 14.9. The summed E-state index contributed by atoms with van der Waals surface area (Å²) < 4.78 is 28.4. The molecule has 1 aromatic rings. The van der Waals surface area contributed by atoms with E-state index in [1.807, 2.05) is 0 Å². The molecule has 0 aliphatic heterocycles. The van der Waals surface area contributed by atoms with Crippen molar-refractivity contribution in [3.8, 4) is 5.75 Å². The minimum atomic E-state index is -2.83. The van der Waals surface area contributed by atoms with Gasteiger partial charge in [-0.05, 0) is 55.9 Å². The van der Waals surface area contributed by atoms with Crippen LogP contribution >= 0.6 is 0 Å². The molecule has 110 valence electrons. The van der Waals surface area contributed by atoms with Gasteiger partial charge in [-0.25, -0.2) is 0 Å². The van der Waals surface area contributed by atoms with E-state index in [2.05, 4.69) is 11.7 Å². The van der Waals surface area contributed by atoms with Gasteiger partial charge in [0, 0.05) is 11.5 Å². The molecule has 0 atom stereocenters. The number of rotatable bonds is 5. The third kappa shape index (κ3) is 3.78. The van der Waals surface area contributed by atoms with Crippen molar-refractivity contribution in [1.82, 2.24) is 0 Å². The molecular weight excluding hydrogens is 262 g/mol. The number of halogens is 2. The minimum absolute atomic E-state index is 0.0830. The molecule has 0 heterocycles. The zero-order chi connectivity index (χ0) is 14.5. The van der Waals surface area contributed by atoms with Crippen LogP contribution in [0.1, 0.15) is 49.4 Å². The lowest BCUT2D eigenvalue weighted by molar-refractivity contribution is -0.0498. The van der Waals surface area contributed by atoms with Crippen molar-refractivity contribution in [3.05, 3.63) is 29.8 Å². The molecule has 20 heavy (non-hydrogen) atoms. The Morgan fingerprint density at radius 2 is 1.80 bits per heavy atom. The lowest BCUT2D eigenvalue weighted by Gasteiger charge is -2.26. The van der Waals surface area contributed by atoms with Crippen LogP contribution in [-0.4, -0.2) is 12.4 Å². The lowest BCUT2D eigenvalue weighted by atomic mass is 9.78. The van der Waals surface area contributed by atoms with Crippen molar-refractivity contribution in [2.75, 3.05) is 0 Å². The number of hydrogen-bond donors (Lipinski definition) is 0. The van der Waals surface area contributed by atoms with E-state index >= 15 is 0 Å². The van der Waals surface area contributed by atoms with Crippen molar-refractivity contribution in [2.45, 2.75) is 45.6 Å². The number of ether oxygens (including phenoxy) is 1. The first-order chi connectivity index (χ1) is 9.60. The highest BCUT2D eigenvalue weighted by molar-refractivity contribution is 5.97. The maximum atomic E-state index is 12.3. The third-order valence-corrected chi connectivity index (χ3v) is 4.16. The Hall–Kier alpha value is -1.45. The van der Waals surface area contributed by atoms with Crippen LogP contribution < -0.4 is 4.74 Å². The van der Waals surface area contributed by atoms with Gasteiger partial charge in [0.25, 0.3) is 0 Å². The molecule has 1 aliphatic carbocycles. The topological polar surface area (TPSA) is 26.3 Å². The van der Waals surface area contributed by atoms with Gasteiger partial charge in [-0.1, -0.05) is 13.3 Å². The summed E-state index contributed by atoms with van der Waals surface area (Å²) in [4.78, 5) is 12.3. The van der Waals surface area contributed by atoms with E-state index < -0.39 is 6.61 Å². The van der Waals surface area contributed by atoms with Crippen LogP contribution in [0.5, 0.6) is 5.75 Å². The Labute approximate surface area is 118 Å². The van der Waals surface area contributed by atoms with E-state index in [4.69, 9.17) is 0 Å². The quantitative estimate of drug-likeness (QED) is 0.732. The molecule has 1 saturated carbocycles. The molecule has 0 bridgehead atoms. The van der Waals surface area contributed by atoms with Gasteiger partial charge in [-0.2, -0.15) is 8.78 Å². The summed E-state index contributed by atoms with van der Waals surface area (Å²) in [5.74, 6) is 1.05. The summed E-state index contributed by atoms with van der Waals surface area (Å²) >= 11 is 0. The van der Waals surface area contributed by atoms with E-state index in [1.54, 1.807) is 12.1 Å². The fourth-order valence-corrected chi connectivity index (χ4v) is 2.87. The van der Waals surface area contributed by atoms with Crippen molar-refractivity contribution in [3.63, 3.8) is 0 Å². The average Bonchev–Trinajstić information content (AvgIpc) is 2.47. The maximum Gasteiger partial charge on any atom is 0.387 e. The number of carbonyl (C=O) groups is 1. The number of alkyl halides is 2. The second-order valence-corrected chi connectivity index (χ2v) is 5.39. The molecule has 1 fully saturated rings. The summed E-state index contributed by atoms with van der Waals surface area (Å²) in [6, 6.07) is 6.01. The van der Waals surface area contributed by atoms with Gasteiger partial charge in [-0.3, -0.25) is 4.79 Å². The van der Waals surface area contributed by atoms with E-state index in [0.29, 0.717) is 5.56 Å². The van der Waals surface area contributed by atoms with Gasteiger partial charge < -0.3 is 4.74 Å². The average molecular weight is 282 g/mol. The Morgan fingerprint density at radius 1 is 1.20 bits per heavy atom. The van der Waals surface area contributed by atoms with E-state index in [0.717, 1.165) is 31.6 Å². The molecule has 0 spiro atoms. The monoisotopic (exact) mass is 282 g/mol. The molecular formula is C16H20F2O2. The second-order valence-electron chi connectivity index (χ2n) is 5.39. The smallest absolute Gasteiger partial charge is 0.387 e. The first-order valence-corrected chi connectivity index (χ1v) is 7.19. The van der Waals surface area contributed by atoms with Crippen molar-refractivity contribution >= 4 is 5.78 Å². The second kappa shape index (κ2) is 6.82. The highest BCUT2D eigenvalue weighted by Crippen LogP contribution is 2.32. The predicted octanol–water partition coefficient (Wildman–Crippen LogP) is 4.69. The van der Waals surface area contributed by atoms with E-state index in [1.165, 1.54) is 18.6 Å². The van der Waals surface area contributed by atoms with Gasteiger partial charge in [0.05, 0.1) is 0 Å². The normalized spacial score (nSPS) is 22.8. The Bertz CT molecular complexity index is 434. The zero-order valence-electron chi connectivity index (χ0n) is 11.6. The summed E-state index contributed by atoms with van der Waals surface area (Å²) in [6.45, 7) is -0.643. The van der Waals surface area contributed by atoms with Gasteiger partial charge in [0.1, 0.15) is 5.75 Å². The van der Waals surface area contributed by atoms with Crippen LogP contribution in [0, 0.1) is 11.8 Å². The van der Waals surface area contributed by atoms with Gasteiger partial charge in [0.2, 0.25) is 0 Å². The number of ketones is 1. The number of carbonyl (C=O) groups excluding carboxylic acids is 1. The first-order valence-electron chi connectivity index (χ1n) is 7.19. The van der Waals surface area contributed by atoms with Crippen LogP contribution in [0.2, 0.25) is 0 Å². The van der Waals surface area contributed by atoms with Crippen LogP contribution in [0.4, 0.5) is 8.78 Å². The molecule has 0 saturated heterocycles. The molecule has 0 N–H and O–H groups in total. The predicted molar refractivity (Wildman–Crippen MR) is 73.1 cm³/mol. The van der Waals surface area contributed by atoms with Crippen molar-refractivity contribution < 1.29 is 18.3 Å². The highest BCUT2D eigenvalue weighted by atomic mass is 19.3. The molecule has 0 aromatic heterocycles. The Balaban J connectivity index is 1.95. The number of hydrogen-bond acceptors (Lipinski definition) is 2. The summed E-state index contributed by atoms with van der Waals surface area (Å²) in [7, 11) is 0. The van der Waals surface area contributed by atoms with Gasteiger partial charge in [0.15, 0.2) is 5.78 Å². The third-order valence-electron chi connectivity index (χ3n) is 4.16. The van der Waals surface area contributed by atoms with Crippen LogP contribution in [0.3, 0.4) is 0 Å². The minimum Gasteiger partial charge on any atom is -0.435 e. The SMILES string of the molecule is CCC1CCC(C(=O)c2ccc(OC(F)F)cc2)CC1. The number of benzene rings is 1. The summed E-state index contributed by atoms with van der Waals surface area (Å²) in [6.07, 6.45) is 5.28. The van der Waals surface area contributed by atoms with Crippen LogP contribution in [0.15, 0.2) is 24.3 Å². The molecule has 0 amide bonds. The molecule has 4 heteroatoms. The van der Waals surface area contributed by atoms with Gasteiger partial charge >= 0.3 is 6.61 Å². The molecule has 2 rings (SSSR count). The molecule has 0 radical (unpaired) electrons. The molecule has 1 aliphatic rings. The standard InChI is InChI=1S/C16H20F2O2/c1-2-11-3-5-12(6-4-11)15(19)13-7-9-14(10-8-13)20-16(17)18/h7-12,16H,2-6H2,1H3. The van der Waals surface area contributed by atoms with Crippen LogP contribution in [-0.2, 0) is 0 Å². The summed E-state index contributed by atoms with van der Waals surface area (Å²) in [5, 5.41) is 0. The van der Waals surface area contributed by atoms with Crippen molar-refractivity contribution in [2.24, 2.45) is 11.8 Å². The van der Waals surface area contributed by atoms with Crippen molar-refractivity contribution in [1.29, 1.82) is 0 Å². The molecule has 1 aromatic carbocycles.